The average molecular weight is 915 g/mol. The second-order valence-electron chi connectivity index (χ2n) is 17.5. The van der Waals surface area contributed by atoms with Crippen LogP contribution in [0.2, 0.25) is 0 Å². The SMILES string of the molecule is CC[C@@H](C)[C@H](NC(=O)c1nc(-c2coc(-c3csc(-c4coc(-c5coc(C(COC(C)(C)C)NC(=O)OC(C)(C)C)n5)n4)n3)n2)oc1-c1ccccc1)C(=O)N[C@H](C(=O)OC)C(C)C. The molecule has 0 aliphatic carbocycles. The van der Waals surface area contributed by atoms with E-state index in [-0.39, 0.29) is 64.8 Å². The third-order valence-electron chi connectivity index (χ3n) is 9.66. The van der Waals surface area contributed by atoms with E-state index < -0.39 is 53.2 Å². The molecule has 19 nitrogen and oxygen atoms in total. The van der Waals surface area contributed by atoms with E-state index in [9.17, 15) is 19.2 Å². The predicted octanol–water partition coefficient (Wildman–Crippen LogP) is 8.27. The third-order valence-corrected chi connectivity index (χ3v) is 10.5. The van der Waals surface area contributed by atoms with Crippen LogP contribution in [-0.4, -0.2) is 85.8 Å². The van der Waals surface area contributed by atoms with E-state index in [2.05, 4.69) is 40.9 Å². The largest absolute Gasteiger partial charge is 0.467 e. The van der Waals surface area contributed by atoms with Crippen molar-refractivity contribution >= 4 is 35.2 Å². The minimum absolute atomic E-state index is 0.0174. The Labute approximate surface area is 379 Å². The number of nitrogens with one attached hydrogen (secondary N) is 3. The first-order valence-electron chi connectivity index (χ1n) is 21.0. The van der Waals surface area contributed by atoms with Gasteiger partial charge in [-0.2, -0.15) is 0 Å². The molecule has 6 aromatic rings. The summed E-state index contributed by atoms with van der Waals surface area (Å²) in [6, 6.07) is 6.20. The number of hydrogen-bond donors (Lipinski definition) is 3. The molecule has 0 fully saturated rings. The molecule has 346 valence electrons. The summed E-state index contributed by atoms with van der Waals surface area (Å²) in [4.78, 5) is 75.7. The van der Waals surface area contributed by atoms with Crippen LogP contribution >= 0.6 is 11.3 Å². The van der Waals surface area contributed by atoms with E-state index in [1.54, 1.807) is 64.3 Å². The predicted molar refractivity (Wildman–Crippen MR) is 237 cm³/mol. The Hall–Kier alpha value is -6.67. The van der Waals surface area contributed by atoms with Crippen LogP contribution in [0.5, 0.6) is 0 Å². The smallest absolute Gasteiger partial charge is 0.408 e. The van der Waals surface area contributed by atoms with E-state index in [0.29, 0.717) is 28.4 Å². The second kappa shape index (κ2) is 20.0. The molecule has 6 rings (SSSR count). The number of carbonyl (C=O) groups is 4. The number of benzene rings is 1. The zero-order valence-electron chi connectivity index (χ0n) is 38.1. The number of carbonyl (C=O) groups excluding carboxylic acids is 4. The number of oxazole rings is 4. The van der Waals surface area contributed by atoms with Crippen molar-refractivity contribution in [2.24, 2.45) is 11.8 Å². The summed E-state index contributed by atoms with van der Waals surface area (Å²) in [7, 11) is 1.25. The van der Waals surface area contributed by atoms with Gasteiger partial charge >= 0.3 is 12.1 Å². The molecule has 0 bridgehead atoms. The first-order valence-corrected chi connectivity index (χ1v) is 21.8. The number of ether oxygens (including phenoxy) is 3. The summed E-state index contributed by atoms with van der Waals surface area (Å²) in [5.74, 6) is -1.82. The molecule has 0 saturated carbocycles. The van der Waals surface area contributed by atoms with Crippen LogP contribution in [0, 0.1) is 11.8 Å². The molecule has 5 aromatic heterocycles. The molecule has 65 heavy (non-hydrogen) atoms. The highest BCUT2D eigenvalue weighted by molar-refractivity contribution is 7.13. The molecule has 1 unspecified atom stereocenters. The number of thiazole rings is 1. The summed E-state index contributed by atoms with van der Waals surface area (Å²) < 4.78 is 39.8. The Balaban J connectivity index is 1.21. The number of esters is 1. The molecule has 4 atom stereocenters. The van der Waals surface area contributed by atoms with Crippen molar-refractivity contribution in [2.75, 3.05) is 13.7 Å². The molecule has 1 aromatic carbocycles. The monoisotopic (exact) mass is 914 g/mol. The number of amides is 3. The molecule has 3 N–H and O–H groups in total. The molecule has 3 amide bonds. The molecule has 0 saturated heterocycles. The van der Waals surface area contributed by atoms with Gasteiger partial charge in [-0.1, -0.05) is 64.4 Å². The van der Waals surface area contributed by atoms with Crippen molar-refractivity contribution in [1.82, 2.24) is 40.9 Å². The Kier molecular flexibility index (Phi) is 14.7. The van der Waals surface area contributed by atoms with Gasteiger partial charge in [-0.25, -0.2) is 34.5 Å². The van der Waals surface area contributed by atoms with Crippen molar-refractivity contribution in [3.63, 3.8) is 0 Å². The Morgan fingerprint density at radius 2 is 1.38 bits per heavy atom. The summed E-state index contributed by atoms with van der Waals surface area (Å²) >= 11 is 1.26. The van der Waals surface area contributed by atoms with E-state index in [0.717, 1.165) is 0 Å². The maximum absolute atomic E-state index is 14.0. The summed E-state index contributed by atoms with van der Waals surface area (Å²) in [5.41, 5.74) is 0.475. The van der Waals surface area contributed by atoms with Crippen LogP contribution in [-0.2, 0) is 23.8 Å². The van der Waals surface area contributed by atoms with Gasteiger partial charge in [-0.3, -0.25) is 9.59 Å². The van der Waals surface area contributed by atoms with E-state index in [1.165, 1.54) is 37.2 Å². The first-order chi connectivity index (χ1) is 30.7. The normalized spacial score (nSPS) is 13.8. The molecule has 0 spiro atoms. The Morgan fingerprint density at radius 3 is 2.03 bits per heavy atom. The van der Waals surface area contributed by atoms with E-state index >= 15 is 0 Å². The number of rotatable bonds is 17. The van der Waals surface area contributed by atoms with Crippen LogP contribution < -0.4 is 16.0 Å². The topological polar surface area (TPSA) is 249 Å². The maximum atomic E-state index is 14.0. The van der Waals surface area contributed by atoms with Gasteiger partial charge in [-0.15, -0.1) is 11.3 Å². The average Bonchev–Trinajstić information content (AvgIpc) is 4.10. The van der Waals surface area contributed by atoms with Crippen LogP contribution in [0.3, 0.4) is 0 Å². The molecule has 20 heteroatoms. The highest BCUT2D eigenvalue weighted by Crippen LogP contribution is 2.34. The van der Waals surface area contributed by atoms with Gasteiger partial charge in [0.05, 0.1) is 19.3 Å². The number of alkyl carbamates (subject to hydrolysis) is 1. The number of aromatic nitrogens is 5. The summed E-state index contributed by atoms with van der Waals surface area (Å²) in [5, 5.41) is 10.5. The fourth-order valence-corrected chi connectivity index (χ4v) is 6.86. The fourth-order valence-electron chi connectivity index (χ4n) is 6.12. The van der Waals surface area contributed by atoms with Gasteiger partial charge in [0.1, 0.15) is 58.9 Å². The van der Waals surface area contributed by atoms with Crippen molar-refractivity contribution < 1.29 is 51.1 Å². The van der Waals surface area contributed by atoms with Gasteiger partial charge in [0, 0.05) is 10.9 Å². The van der Waals surface area contributed by atoms with E-state index in [4.69, 9.17) is 31.9 Å². The number of hydrogen-bond acceptors (Lipinski definition) is 17. The van der Waals surface area contributed by atoms with Gasteiger partial charge in [-0.05, 0) is 53.4 Å². The number of methoxy groups -OCH3 is 1. The standard InChI is InChI=1S/C45H54N8O11S/c1-12-24(4)32(35(54)51-31(23(2)3)42(56)58-11)52-36(55)33-34(25-16-14-13-15-17-25)63-40(53-33)27-19-60-39(47-27)30-22-65-41(49-30)29-20-61-37(48-29)26-18-59-38(46-26)28(21-62-44(5,6)7)50-43(57)64-45(8,9)10/h13-20,22-24,28,31-32H,12,21H2,1-11H3,(H,50,57)(H,51,54)(H,52,55)/t24-,28?,31+,32+/m1/s1. The van der Waals surface area contributed by atoms with Gasteiger partial charge in [0.2, 0.25) is 29.5 Å². The van der Waals surface area contributed by atoms with E-state index in [1.807, 2.05) is 40.7 Å². The maximum Gasteiger partial charge on any atom is 0.408 e. The number of nitrogens with zero attached hydrogens (tertiary/aromatic N) is 5. The van der Waals surface area contributed by atoms with Crippen LogP contribution in [0.15, 0.2) is 72.2 Å². The van der Waals surface area contributed by atoms with Crippen molar-refractivity contribution in [3.05, 3.63) is 66.1 Å². The third kappa shape index (κ3) is 12.1. The molecule has 0 aliphatic heterocycles. The van der Waals surface area contributed by atoms with Gasteiger partial charge < -0.3 is 47.8 Å². The van der Waals surface area contributed by atoms with Crippen molar-refractivity contribution in [3.8, 4) is 56.8 Å². The Morgan fingerprint density at radius 1 is 0.738 bits per heavy atom. The molecular weight excluding hydrogens is 861 g/mol. The minimum Gasteiger partial charge on any atom is -0.467 e. The van der Waals surface area contributed by atoms with Crippen LogP contribution in [0.4, 0.5) is 4.79 Å². The second-order valence-corrected chi connectivity index (χ2v) is 18.3. The van der Waals surface area contributed by atoms with Gasteiger partial charge in [0.25, 0.3) is 5.91 Å². The highest BCUT2D eigenvalue weighted by atomic mass is 32.1. The molecule has 0 aliphatic rings. The van der Waals surface area contributed by atoms with Crippen LogP contribution in [0.25, 0.3) is 56.8 Å². The quantitative estimate of drug-likeness (QED) is 0.0728. The first kappa shape index (κ1) is 47.8. The lowest BCUT2D eigenvalue weighted by molar-refractivity contribution is -0.146. The zero-order chi connectivity index (χ0) is 47.2. The summed E-state index contributed by atoms with van der Waals surface area (Å²) in [6.45, 7) is 18.3. The van der Waals surface area contributed by atoms with Crippen molar-refractivity contribution in [1.29, 1.82) is 0 Å². The van der Waals surface area contributed by atoms with Gasteiger partial charge in [0.15, 0.2) is 22.8 Å². The summed E-state index contributed by atoms with van der Waals surface area (Å²) in [6.07, 6.45) is 4.01. The lowest BCUT2D eigenvalue weighted by Crippen LogP contribution is -2.55. The zero-order valence-corrected chi connectivity index (χ0v) is 38.9. The van der Waals surface area contributed by atoms with Crippen LogP contribution in [0.1, 0.15) is 98.1 Å². The lowest BCUT2D eigenvalue weighted by Gasteiger charge is -2.27. The fraction of sp³-hybridized carbons (Fsp3) is 0.444. The highest BCUT2D eigenvalue weighted by Gasteiger charge is 2.34. The lowest BCUT2D eigenvalue weighted by atomic mass is 9.96. The molecular formula is C45H54N8O11S. The Bertz CT molecular complexity index is 2580. The molecule has 5 heterocycles. The van der Waals surface area contributed by atoms with Crippen molar-refractivity contribution in [2.45, 2.75) is 105 Å². The molecule has 0 radical (unpaired) electrons. The minimum atomic E-state index is -1.02.